The van der Waals surface area contributed by atoms with Crippen LogP contribution in [0.15, 0.2) is 23.1 Å². The van der Waals surface area contributed by atoms with Gasteiger partial charge in [-0.2, -0.15) is 0 Å². The van der Waals surface area contributed by atoms with Crippen molar-refractivity contribution in [3.8, 4) is 5.75 Å². The molecule has 0 amide bonds. The van der Waals surface area contributed by atoms with E-state index in [1.165, 1.54) is 20.2 Å². The Labute approximate surface area is 95.4 Å². The van der Waals surface area contributed by atoms with Gasteiger partial charge in [0.15, 0.2) is 11.4 Å². The second kappa shape index (κ2) is 3.85. The molecule has 2 aromatic heterocycles. The van der Waals surface area contributed by atoms with E-state index in [2.05, 4.69) is 4.98 Å². The van der Waals surface area contributed by atoms with E-state index in [1.54, 1.807) is 12.1 Å². The molecule has 2 aromatic rings. The van der Waals surface area contributed by atoms with Gasteiger partial charge in [-0.1, -0.05) is 0 Å². The summed E-state index contributed by atoms with van der Waals surface area (Å²) in [5, 5.41) is 10.8. The molecule has 88 valence electrons. The van der Waals surface area contributed by atoms with Crippen molar-refractivity contribution in [3.05, 3.63) is 44.5 Å². The minimum Gasteiger partial charge on any atom is -0.493 e. The smallest absolute Gasteiger partial charge is 0.355 e. The molecule has 0 radical (unpaired) electrons. The van der Waals surface area contributed by atoms with Crippen LogP contribution in [0.4, 0.5) is 5.69 Å². The number of methoxy groups -OCH3 is 1. The topological polar surface area (TPSA) is 86.7 Å². The number of pyridine rings is 1. The summed E-state index contributed by atoms with van der Waals surface area (Å²) in [7, 11) is 1.44. The summed E-state index contributed by atoms with van der Waals surface area (Å²) in [5.74, 6) is 0.391. The van der Waals surface area contributed by atoms with Crippen molar-refractivity contribution in [2.45, 2.75) is 6.92 Å². The summed E-state index contributed by atoms with van der Waals surface area (Å²) < 4.78 is 6.15. The fourth-order valence-electron chi connectivity index (χ4n) is 1.60. The van der Waals surface area contributed by atoms with E-state index >= 15 is 0 Å². The Hall–Kier alpha value is -2.44. The average molecular weight is 235 g/mol. The second-order valence-corrected chi connectivity index (χ2v) is 3.38. The maximum absolute atomic E-state index is 11.9. The molecular weight excluding hydrogens is 226 g/mol. The normalized spacial score (nSPS) is 10.5. The molecule has 0 spiro atoms. The van der Waals surface area contributed by atoms with Crippen LogP contribution in [-0.4, -0.2) is 21.4 Å². The van der Waals surface area contributed by atoms with Gasteiger partial charge in [-0.15, -0.1) is 0 Å². The third kappa shape index (κ3) is 1.61. The van der Waals surface area contributed by atoms with Gasteiger partial charge in [-0.05, 0) is 19.1 Å². The first-order valence-electron chi connectivity index (χ1n) is 4.76. The number of aromatic nitrogens is 2. The number of nitrogens with zero attached hydrogens (tertiary/aromatic N) is 3. The number of fused-ring (bicyclic) bond motifs is 1. The van der Waals surface area contributed by atoms with Crippen LogP contribution in [0.3, 0.4) is 0 Å². The summed E-state index contributed by atoms with van der Waals surface area (Å²) >= 11 is 0. The highest BCUT2D eigenvalue weighted by Gasteiger charge is 2.21. The lowest BCUT2D eigenvalue weighted by atomic mass is 10.3. The van der Waals surface area contributed by atoms with Crippen LogP contribution >= 0.6 is 0 Å². The summed E-state index contributed by atoms with van der Waals surface area (Å²) in [4.78, 5) is 25.9. The number of ether oxygens (including phenoxy) is 1. The highest BCUT2D eigenvalue weighted by atomic mass is 16.6. The monoisotopic (exact) mass is 235 g/mol. The van der Waals surface area contributed by atoms with E-state index in [4.69, 9.17) is 4.74 Å². The van der Waals surface area contributed by atoms with Crippen LogP contribution in [0.5, 0.6) is 5.75 Å². The van der Waals surface area contributed by atoms with Crippen LogP contribution in [-0.2, 0) is 0 Å². The van der Waals surface area contributed by atoms with Gasteiger partial charge < -0.3 is 4.74 Å². The summed E-state index contributed by atoms with van der Waals surface area (Å²) in [6.45, 7) is 1.42. The zero-order chi connectivity index (χ0) is 12.6. The Kier molecular flexibility index (Phi) is 2.51. The van der Waals surface area contributed by atoms with E-state index in [1.807, 2.05) is 0 Å². The second-order valence-electron chi connectivity index (χ2n) is 3.38. The van der Waals surface area contributed by atoms with Crippen LogP contribution in [0.1, 0.15) is 5.69 Å². The van der Waals surface area contributed by atoms with Gasteiger partial charge in [0.25, 0.3) is 0 Å². The van der Waals surface area contributed by atoms with Gasteiger partial charge in [0, 0.05) is 6.20 Å². The number of hydrogen-bond donors (Lipinski definition) is 0. The molecule has 0 saturated carbocycles. The van der Waals surface area contributed by atoms with E-state index in [9.17, 15) is 14.9 Å². The minimum atomic E-state index is -0.726. The molecule has 0 aliphatic rings. The van der Waals surface area contributed by atoms with Gasteiger partial charge in [0.05, 0.1) is 12.0 Å². The van der Waals surface area contributed by atoms with E-state index in [0.29, 0.717) is 5.75 Å². The van der Waals surface area contributed by atoms with Crippen LogP contribution in [0.25, 0.3) is 5.65 Å². The molecule has 2 rings (SSSR count). The lowest BCUT2D eigenvalue weighted by Crippen LogP contribution is -2.20. The van der Waals surface area contributed by atoms with Crippen molar-refractivity contribution in [2.24, 2.45) is 0 Å². The van der Waals surface area contributed by atoms with Crippen LogP contribution in [0, 0.1) is 17.0 Å². The summed E-state index contributed by atoms with van der Waals surface area (Å²) in [6, 6.07) is 3.20. The zero-order valence-corrected chi connectivity index (χ0v) is 9.21. The maximum Gasteiger partial charge on any atom is 0.355 e. The molecule has 0 unspecified atom stereocenters. The van der Waals surface area contributed by atoms with Crippen molar-refractivity contribution in [2.75, 3.05) is 7.11 Å². The Morgan fingerprint density at radius 2 is 2.24 bits per heavy atom. The number of aryl methyl sites for hydroxylation is 1. The third-order valence-electron chi connectivity index (χ3n) is 2.37. The Bertz CT molecular complexity index is 662. The standard InChI is InChI=1S/C10H9N3O4/c1-6-8(13(15)16)10(14)12-5-3-4-7(17-2)9(12)11-6/h3-5H,1-2H3. The summed E-state index contributed by atoms with van der Waals surface area (Å²) in [5.41, 5.74) is -0.889. The quantitative estimate of drug-likeness (QED) is 0.570. The Morgan fingerprint density at radius 3 is 2.82 bits per heavy atom. The van der Waals surface area contributed by atoms with Gasteiger partial charge in [0.2, 0.25) is 0 Å². The molecule has 0 atom stereocenters. The molecule has 0 aliphatic carbocycles. The van der Waals surface area contributed by atoms with Crippen LogP contribution < -0.4 is 10.3 Å². The lowest BCUT2D eigenvalue weighted by molar-refractivity contribution is -0.387. The average Bonchev–Trinajstić information content (AvgIpc) is 2.28. The first-order valence-corrected chi connectivity index (χ1v) is 4.76. The molecule has 7 heteroatoms. The predicted octanol–water partition coefficient (Wildman–Crippen LogP) is 0.920. The number of hydrogen-bond acceptors (Lipinski definition) is 5. The Balaban J connectivity index is 2.96. The molecule has 2 heterocycles. The van der Waals surface area contributed by atoms with Crippen molar-refractivity contribution >= 4 is 11.3 Å². The van der Waals surface area contributed by atoms with E-state index < -0.39 is 16.2 Å². The van der Waals surface area contributed by atoms with Gasteiger partial charge >= 0.3 is 11.2 Å². The predicted molar refractivity (Wildman–Crippen MR) is 59.4 cm³/mol. The van der Waals surface area contributed by atoms with Crippen molar-refractivity contribution < 1.29 is 9.66 Å². The number of nitro groups is 1. The fourth-order valence-corrected chi connectivity index (χ4v) is 1.60. The SMILES string of the molecule is COc1cccn2c(=O)c([N+](=O)[O-])c(C)nc12. The lowest BCUT2D eigenvalue weighted by Gasteiger charge is -2.06. The molecular formula is C10H9N3O4. The zero-order valence-electron chi connectivity index (χ0n) is 9.21. The largest absolute Gasteiger partial charge is 0.493 e. The van der Waals surface area contributed by atoms with Crippen LogP contribution in [0.2, 0.25) is 0 Å². The fraction of sp³-hybridized carbons (Fsp3) is 0.200. The highest BCUT2D eigenvalue weighted by Crippen LogP contribution is 2.18. The molecule has 0 N–H and O–H groups in total. The van der Waals surface area contributed by atoms with Gasteiger partial charge in [0.1, 0.15) is 5.69 Å². The van der Waals surface area contributed by atoms with Crippen molar-refractivity contribution in [1.82, 2.24) is 9.38 Å². The van der Waals surface area contributed by atoms with E-state index in [-0.39, 0.29) is 11.3 Å². The molecule has 0 fully saturated rings. The minimum absolute atomic E-state index is 0.0736. The van der Waals surface area contributed by atoms with Gasteiger partial charge in [-0.25, -0.2) is 4.98 Å². The Morgan fingerprint density at radius 1 is 1.53 bits per heavy atom. The molecule has 0 saturated heterocycles. The first kappa shape index (κ1) is 11.1. The molecule has 17 heavy (non-hydrogen) atoms. The maximum atomic E-state index is 11.9. The molecule has 0 aromatic carbocycles. The highest BCUT2D eigenvalue weighted by molar-refractivity contribution is 5.55. The van der Waals surface area contributed by atoms with E-state index in [0.717, 1.165) is 4.40 Å². The molecule has 0 bridgehead atoms. The summed E-state index contributed by atoms with van der Waals surface area (Å²) in [6.07, 6.45) is 1.42. The molecule has 0 aliphatic heterocycles. The van der Waals surface area contributed by atoms with Crippen molar-refractivity contribution in [3.63, 3.8) is 0 Å². The van der Waals surface area contributed by atoms with Gasteiger partial charge in [-0.3, -0.25) is 19.3 Å². The molecule has 7 nitrogen and oxygen atoms in total. The number of rotatable bonds is 2. The first-order chi connectivity index (χ1) is 8.06. The third-order valence-corrected chi connectivity index (χ3v) is 2.37. The van der Waals surface area contributed by atoms with Crippen molar-refractivity contribution in [1.29, 1.82) is 0 Å².